The maximum Gasteiger partial charge on any atom is 0.154 e. The van der Waals surface area contributed by atoms with Gasteiger partial charge in [-0.2, -0.15) is 5.43 Å². The predicted octanol–water partition coefficient (Wildman–Crippen LogP) is 4.79. The molecule has 1 aliphatic heterocycles. The van der Waals surface area contributed by atoms with Gasteiger partial charge in [0.25, 0.3) is 0 Å². The summed E-state index contributed by atoms with van der Waals surface area (Å²) in [5.41, 5.74) is 8.20. The first-order chi connectivity index (χ1) is 9.79. The predicted molar refractivity (Wildman–Crippen MR) is 94.8 cm³/mol. The minimum absolute atomic E-state index is 0.0923. The molecule has 3 nitrogen and oxygen atoms in total. The molecule has 0 N–H and O–H groups in total. The van der Waals surface area contributed by atoms with E-state index in [4.69, 9.17) is 10.4 Å². The lowest BCUT2D eigenvalue weighted by atomic mass is 9.86. The lowest BCUT2D eigenvalue weighted by molar-refractivity contribution is 0.199. The number of benzene rings is 1. The zero-order valence-electron chi connectivity index (χ0n) is 15.6. The van der Waals surface area contributed by atoms with Crippen molar-refractivity contribution in [2.24, 2.45) is 4.99 Å². The van der Waals surface area contributed by atoms with Gasteiger partial charge in [0.1, 0.15) is 0 Å². The molecule has 1 heterocycles. The number of fused-ring (bicyclic) bond motifs is 1. The van der Waals surface area contributed by atoms with Crippen LogP contribution in [0.5, 0.6) is 0 Å². The van der Waals surface area contributed by atoms with Gasteiger partial charge in [0, 0.05) is 5.56 Å². The lowest BCUT2D eigenvalue weighted by Gasteiger charge is -2.32. The Kier molecular flexibility index (Phi) is 3.83. The van der Waals surface area contributed by atoms with Crippen LogP contribution in [0.2, 0.25) is 0 Å². The van der Waals surface area contributed by atoms with Gasteiger partial charge >= 0.3 is 0 Å². The zero-order chi connectivity index (χ0) is 16.9. The topological polar surface area (TPSA) is 29.7 Å². The van der Waals surface area contributed by atoms with E-state index in [0.717, 1.165) is 17.1 Å². The van der Waals surface area contributed by atoms with Crippen molar-refractivity contribution in [2.45, 2.75) is 78.8 Å². The second-order valence-electron chi connectivity index (χ2n) is 9.17. The molecule has 0 aliphatic carbocycles. The molecule has 3 heteroatoms. The van der Waals surface area contributed by atoms with E-state index in [0.29, 0.717) is 0 Å². The fourth-order valence-electron chi connectivity index (χ4n) is 2.43. The molecule has 0 saturated heterocycles. The summed E-state index contributed by atoms with van der Waals surface area (Å²) in [6, 6.07) is 6.57. The van der Waals surface area contributed by atoms with Crippen molar-refractivity contribution < 1.29 is 0 Å². The van der Waals surface area contributed by atoms with Crippen LogP contribution in [0.15, 0.2) is 23.2 Å². The summed E-state index contributed by atoms with van der Waals surface area (Å²) in [7, 11) is 0. The van der Waals surface area contributed by atoms with Crippen LogP contribution in [0, 0.1) is 0 Å². The highest BCUT2D eigenvalue weighted by atomic mass is 15.6. The molecule has 0 spiro atoms. The van der Waals surface area contributed by atoms with Gasteiger partial charge < -0.3 is 0 Å². The van der Waals surface area contributed by atoms with Crippen LogP contribution in [-0.2, 0) is 5.41 Å². The van der Waals surface area contributed by atoms with E-state index in [2.05, 4.69) is 85.5 Å². The normalized spacial score (nSPS) is 17.7. The van der Waals surface area contributed by atoms with Gasteiger partial charge in [0.05, 0.1) is 16.8 Å². The van der Waals surface area contributed by atoms with Gasteiger partial charge in [-0.3, -0.25) is 4.99 Å². The van der Waals surface area contributed by atoms with E-state index < -0.39 is 0 Å². The second-order valence-corrected chi connectivity index (χ2v) is 9.17. The summed E-state index contributed by atoms with van der Waals surface area (Å²) >= 11 is 0. The summed E-state index contributed by atoms with van der Waals surface area (Å²) in [6.45, 7) is 19.6. The molecule has 0 aromatic heterocycles. The SMILES string of the molecule is CC(C)(C)N=C1c2cc(C(C)(C)C)ccc2[N]N1C(C)(C)C. The highest BCUT2D eigenvalue weighted by Gasteiger charge is 2.36. The van der Waals surface area contributed by atoms with Crippen molar-refractivity contribution in [3.8, 4) is 0 Å². The maximum absolute atomic E-state index is 4.97. The number of nitrogens with zero attached hydrogens (tertiary/aromatic N) is 3. The van der Waals surface area contributed by atoms with Crippen LogP contribution in [0.25, 0.3) is 0 Å². The molecule has 0 unspecified atom stereocenters. The molecule has 1 aromatic rings. The Balaban J connectivity index is 2.60. The van der Waals surface area contributed by atoms with Crippen LogP contribution in [-0.4, -0.2) is 21.9 Å². The van der Waals surface area contributed by atoms with E-state index in [1.807, 2.05) is 0 Å². The smallest absolute Gasteiger partial charge is 0.154 e. The van der Waals surface area contributed by atoms with Crippen molar-refractivity contribution in [3.63, 3.8) is 0 Å². The Morgan fingerprint density at radius 2 is 1.50 bits per heavy atom. The van der Waals surface area contributed by atoms with Crippen LogP contribution < -0.4 is 5.43 Å². The molecule has 1 radical (unpaired) electrons. The first-order valence-corrected chi connectivity index (χ1v) is 8.06. The third-order valence-corrected chi connectivity index (χ3v) is 3.59. The molecule has 0 amide bonds. The quantitative estimate of drug-likeness (QED) is 0.677. The molecule has 0 saturated carbocycles. The van der Waals surface area contributed by atoms with E-state index in [9.17, 15) is 0 Å². The number of rotatable bonds is 0. The van der Waals surface area contributed by atoms with Crippen LogP contribution in [0.3, 0.4) is 0 Å². The van der Waals surface area contributed by atoms with Crippen molar-refractivity contribution >= 4 is 11.5 Å². The fourth-order valence-corrected chi connectivity index (χ4v) is 2.43. The van der Waals surface area contributed by atoms with Crippen LogP contribution in [0.4, 0.5) is 5.69 Å². The first-order valence-electron chi connectivity index (χ1n) is 8.06. The highest BCUT2D eigenvalue weighted by molar-refractivity contribution is 6.06. The molecule has 1 aromatic carbocycles. The average Bonchev–Trinajstić information content (AvgIpc) is 2.64. The number of hydrogen-bond donors (Lipinski definition) is 0. The number of amidine groups is 1. The van der Waals surface area contributed by atoms with Gasteiger partial charge in [-0.05, 0) is 64.7 Å². The minimum atomic E-state index is -0.131. The summed E-state index contributed by atoms with van der Waals surface area (Å²) in [5, 5.41) is 2.06. The summed E-state index contributed by atoms with van der Waals surface area (Å²) < 4.78 is 0. The van der Waals surface area contributed by atoms with Gasteiger partial charge in [0.15, 0.2) is 5.84 Å². The van der Waals surface area contributed by atoms with Crippen molar-refractivity contribution in [3.05, 3.63) is 29.3 Å². The fraction of sp³-hybridized carbons (Fsp3) is 0.632. The molecule has 0 bridgehead atoms. The average molecular weight is 300 g/mol. The Morgan fingerprint density at radius 1 is 0.909 bits per heavy atom. The lowest BCUT2D eigenvalue weighted by Crippen LogP contribution is -2.46. The van der Waals surface area contributed by atoms with Crippen molar-refractivity contribution in [1.82, 2.24) is 10.4 Å². The molecular weight excluding hydrogens is 270 g/mol. The summed E-state index contributed by atoms with van der Waals surface area (Å²) in [4.78, 5) is 4.97. The monoisotopic (exact) mass is 300 g/mol. The van der Waals surface area contributed by atoms with Crippen LogP contribution in [0.1, 0.15) is 73.4 Å². The molecule has 0 fully saturated rings. The second kappa shape index (κ2) is 5.00. The standard InChI is InChI=1S/C19H30N3/c1-17(2,3)13-10-11-15-14(12-13)16(20-18(4,5)6)22(21-15)19(7,8)9/h10-12H,1-9H3. The van der Waals surface area contributed by atoms with Gasteiger partial charge in [0.2, 0.25) is 0 Å². The number of hydrogen-bond acceptors (Lipinski definition) is 1. The molecular formula is C19H30N3. The summed E-state index contributed by atoms with van der Waals surface area (Å²) in [5.74, 6) is 0.987. The van der Waals surface area contributed by atoms with E-state index in [1.54, 1.807) is 0 Å². The maximum atomic E-state index is 4.97. The highest BCUT2D eigenvalue weighted by Crippen LogP contribution is 2.35. The largest absolute Gasteiger partial charge is 0.261 e. The van der Waals surface area contributed by atoms with Crippen LogP contribution >= 0.6 is 0 Å². The molecule has 22 heavy (non-hydrogen) atoms. The number of aliphatic imine (C=N–C) groups is 1. The Hall–Kier alpha value is -1.51. The Morgan fingerprint density at radius 3 is 1.95 bits per heavy atom. The van der Waals surface area contributed by atoms with E-state index in [-0.39, 0.29) is 16.5 Å². The first kappa shape index (κ1) is 16.9. The molecule has 2 rings (SSSR count). The van der Waals surface area contributed by atoms with E-state index >= 15 is 0 Å². The molecule has 121 valence electrons. The molecule has 0 atom stereocenters. The third kappa shape index (κ3) is 3.45. The summed E-state index contributed by atoms with van der Waals surface area (Å²) in [6.07, 6.45) is 0. The Labute approximate surface area is 135 Å². The van der Waals surface area contributed by atoms with Gasteiger partial charge in [-0.1, -0.05) is 26.8 Å². The Bertz CT molecular complexity index is 593. The zero-order valence-corrected chi connectivity index (χ0v) is 15.6. The van der Waals surface area contributed by atoms with Gasteiger partial charge in [-0.25, -0.2) is 5.01 Å². The third-order valence-electron chi connectivity index (χ3n) is 3.59. The van der Waals surface area contributed by atoms with Gasteiger partial charge in [-0.15, -0.1) is 0 Å². The molecule has 1 aliphatic rings. The van der Waals surface area contributed by atoms with Crippen molar-refractivity contribution in [1.29, 1.82) is 0 Å². The van der Waals surface area contributed by atoms with E-state index in [1.165, 1.54) is 5.56 Å². The van der Waals surface area contributed by atoms with Crippen molar-refractivity contribution in [2.75, 3.05) is 0 Å². The minimum Gasteiger partial charge on any atom is -0.261 e.